The van der Waals surface area contributed by atoms with Gasteiger partial charge in [0.05, 0.1) is 31.7 Å². The van der Waals surface area contributed by atoms with Crippen LogP contribution in [0.15, 0.2) is 60.7 Å². The number of hydrogen-bond donors (Lipinski definition) is 2. The van der Waals surface area contributed by atoms with Crippen molar-refractivity contribution in [1.82, 2.24) is 10.6 Å². The Hall–Kier alpha value is -3.55. The third kappa shape index (κ3) is 8.30. The van der Waals surface area contributed by atoms with Crippen molar-refractivity contribution in [3.8, 4) is 11.5 Å². The number of methoxy groups -OCH3 is 1. The van der Waals surface area contributed by atoms with Crippen LogP contribution in [0.25, 0.3) is 0 Å². The molecule has 0 bridgehead atoms. The highest BCUT2D eigenvalue weighted by atomic mass is 35.5. The van der Waals surface area contributed by atoms with Gasteiger partial charge in [0.25, 0.3) is 0 Å². The lowest BCUT2D eigenvalue weighted by Crippen LogP contribution is -2.41. The fourth-order valence-corrected chi connectivity index (χ4v) is 5.61. The molecule has 0 aromatic heterocycles. The maximum atomic E-state index is 13.7. The SMILES string of the molecule is C1CCNCC1.CC[C@@H](C)Oc1cc2c(cc1OC)CC(=O)N(c1ccc([C@H](C)NC(C)=O)cc1)C2c1ccc(Cl)cc1. The van der Waals surface area contributed by atoms with E-state index < -0.39 is 0 Å². The summed E-state index contributed by atoms with van der Waals surface area (Å²) in [6, 6.07) is 18.8. The van der Waals surface area contributed by atoms with E-state index in [1.165, 1.54) is 39.3 Å². The summed E-state index contributed by atoms with van der Waals surface area (Å²) in [6.07, 6.45) is 5.32. The molecule has 230 valence electrons. The van der Waals surface area contributed by atoms with Crippen LogP contribution < -0.4 is 25.0 Å². The number of carbonyl (C=O) groups is 2. The first kappa shape index (κ1) is 32.4. The zero-order chi connectivity index (χ0) is 30.9. The summed E-state index contributed by atoms with van der Waals surface area (Å²) in [5.74, 6) is 1.16. The summed E-state index contributed by atoms with van der Waals surface area (Å²) < 4.78 is 11.8. The van der Waals surface area contributed by atoms with Gasteiger partial charge in [0.15, 0.2) is 11.5 Å². The summed E-state index contributed by atoms with van der Waals surface area (Å²) in [7, 11) is 1.61. The van der Waals surface area contributed by atoms with E-state index in [1.54, 1.807) is 7.11 Å². The van der Waals surface area contributed by atoms with E-state index in [0.29, 0.717) is 16.5 Å². The van der Waals surface area contributed by atoms with Crippen molar-refractivity contribution in [2.24, 2.45) is 0 Å². The monoisotopic (exact) mass is 605 g/mol. The Labute approximate surface area is 260 Å². The van der Waals surface area contributed by atoms with Crippen LogP contribution in [0.4, 0.5) is 5.69 Å². The molecule has 8 heteroatoms. The van der Waals surface area contributed by atoms with Gasteiger partial charge in [-0.3, -0.25) is 9.59 Å². The van der Waals surface area contributed by atoms with E-state index in [1.807, 2.05) is 79.4 Å². The molecule has 2 N–H and O–H groups in total. The Morgan fingerprint density at radius 2 is 1.70 bits per heavy atom. The number of fused-ring (bicyclic) bond motifs is 1. The molecule has 1 unspecified atom stereocenters. The first-order valence-electron chi connectivity index (χ1n) is 15.2. The third-order valence-electron chi connectivity index (χ3n) is 7.98. The summed E-state index contributed by atoms with van der Waals surface area (Å²) in [6.45, 7) is 10.0. The fourth-order valence-electron chi connectivity index (χ4n) is 5.49. The second-order valence-electron chi connectivity index (χ2n) is 11.3. The molecule has 7 nitrogen and oxygen atoms in total. The maximum absolute atomic E-state index is 13.7. The van der Waals surface area contributed by atoms with Crippen molar-refractivity contribution in [2.45, 2.75) is 78.0 Å². The molecule has 43 heavy (non-hydrogen) atoms. The molecule has 5 rings (SSSR count). The average Bonchev–Trinajstić information content (AvgIpc) is 3.01. The molecule has 0 radical (unpaired) electrons. The van der Waals surface area contributed by atoms with Gasteiger partial charge in [-0.25, -0.2) is 0 Å². The summed E-state index contributed by atoms with van der Waals surface area (Å²) in [5.41, 5.74) is 4.56. The minimum Gasteiger partial charge on any atom is -0.493 e. The van der Waals surface area contributed by atoms with E-state index in [0.717, 1.165) is 34.4 Å². The van der Waals surface area contributed by atoms with Gasteiger partial charge in [-0.05, 0) is 105 Å². The van der Waals surface area contributed by atoms with Crippen LogP contribution in [0, 0.1) is 0 Å². The van der Waals surface area contributed by atoms with Crippen LogP contribution in [-0.2, 0) is 16.0 Å². The van der Waals surface area contributed by atoms with Crippen molar-refractivity contribution in [1.29, 1.82) is 0 Å². The van der Waals surface area contributed by atoms with Crippen LogP contribution in [-0.4, -0.2) is 38.1 Å². The average molecular weight is 606 g/mol. The Morgan fingerprint density at radius 1 is 1.02 bits per heavy atom. The summed E-state index contributed by atoms with van der Waals surface area (Å²) in [4.78, 5) is 27.0. The van der Waals surface area contributed by atoms with Gasteiger partial charge in [0.1, 0.15) is 0 Å². The van der Waals surface area contributed by atoms with E-state index in [4.69, 9.17) is 21.1 Å². The molecule has 1 saturated heterocycles. The molecule has 3 atom stereocenters. The van der Waals surface area contributed by atoms with Gasteiger partial charge in [0, 0.05) is 17.6 Å². The third-order valence-corrected chi connectivity index (χ3v) is 8.23. The predicted octanol–water partition coefficient (Wildman–Crippen LogP) is 7.16. The zero-order valence-corrected chi connectivity index (χ0v) is 26.7. The first-order valence-corrected chi connectivity index (χ1v) is 15.6. The van der Waals surface area contributed by atoms with E-state index in [-0.39, 0.29) is 36.4 Å². The fraction of sp³-hybridized carbons (Fsp3) is 0.429. The van der Waals surface area contributed by atoms with Crippen LogP contribution in [0.1, 0.15) is 87.7 Å². The molecule has 2 aliphatic rings. The highest BCUT2D eigenvalue weighted by Gasteiger charge is 2.36. The van der Waals surface area contributed by atoms with E-state index >= 15 is 0 Å². The number of benzene rings is 3. The molecule has 2 aliphatic heterocycles. The highest BCUT2D eigenvalue weighted by molar-refractivity contribution is 6.30. The Morgan fingerprint density at radius 3 is 2.23 bits per heavy atom. The topological polar surface area (TPSA) is 79.9 Å². The molecule has 0 spiro atoms. The Bertz CT molecular complexity index is 1360. The first-order chi connectivity index (χ1) is 20.7. The molecule has 3 aromatic rings. The molecule has 1 fully saturated rings. The molecular weight excluding hydrogens is 562 g/mol. The normalized spacial score (nSPS) is 17.6. The van der Waals surface area contributed by atoms with Gasteiger partial charge < -0.3 is 25.0 Å². The number of amides is 2. The smallest absolute Gasteiger partial charge is 0.232 e. The quantitative estimate of drug-likeness (QED) is 0.285. The molecule has 0 aliphatic carbocycles. The number of carbonyl (C=O) groups excluding carboxylic acids is 2. The van der Waals surface area contributed by atoms with Gasteiger partial charge >= 0.3 is 0 Å². The van der Waals surface area contributed by atoms with Crippen LogP contribution >= 0.6 is 11.6 Å². The number of halogens is 1. The molecule has 0 saturated carbocycles. The minimum absolute atomic E-state index is 0.0143. The van der Waals surface area contributed by atoms with Crippen LogP contribution in [0.3, 0.4) is 0 Å². The van der Waals surface area contributed by atoms with Crippen molar-refractivity contribution in [3.63, 3.8) is 0 Å². The highest BCUT2D eigenvalue weighted by Crippen LogP contribution is 2.44. The number of rotatable bonds is 8. The standard InChI is InChI=1S/C30H33ClN2O4.C5H11N/c1-6-18(2)37-28-17-26-23(15-27(28)36-5)16-29(35)33(30(26)22-7-11-24(31)12-8-22)25-13-9-21(10-14-25)19(3)32-20(4)34;1-2-4-6-5-3-1/h7-15,17-19,30H,6,16H2,1-5H3,(H,32,34);6H,1-5H2/t18-,19+,30?;/m1./s1. The van der Waals surface area contributed by atoms with E-state index in [9.17, 15) is 9.59 Å². The number of nitrogens with one attached hydrogen (secondary N) is 2. The number of anilines is 1. The molecule has 2 heterocycles. The number of ether oxygens (including phenoxy) is 2. The van der Waals surface area contributed by atoms with Crippen molar-refractivity contribution < 1.29 is 19.1 Å². The lowest BCUT2D eigenvalue weighted by Gasteiger charge is -2.38. The summed E-state index contributed by atoms with van der Waals surface area (Å²) >= 11 is 6.21. The van der Waals surface area contributed by atoms with Gasteiger partial charge in [-0.1, -0.05) is 49.2 Å². The molecular formula is C35H44ClN3O4. The Balaban J connectivity index is 0.000000628. The summed E-state index contributed by atoms with van der Waals surface area (Å²) in [5, 5.41) is 6.81. The molecule has 3 aromatic carbocycles. The predicted molar refractivity (Wildman–Crippen MR) is 173 cm³/mol. The number of nitrogens with zero attached hydrogens (tertiary/aromatic N) is 1. The zero-order valence-electron chi connectivity index (χ0n) is 25.9. The van der Waals surface area contributed by atoms with Gasteiger partial charge in [-0.2, -0.15) is 0 Å². The van der Waals surface area contributed by atoms with Gasteiger partial charge in [0.2, 0.25) is 11.8 Å². The lowest BCUT2D eigenvalue weighted by atomic mass is 9.86. The maximum Gasteiger partial charge on any atom is 0.232 e. The van der Waals surface area contributed by atoms with Crippen LogP contribution in [0.5, 0.6) is 11.5 Å². The number of piperidine rings is 1. The Kier molecular flexibility index (Phi) is 11.5. The van der Waals surface area contributed by atoms with Gasteiger partial charge in [-0.15, -0.1) is 0 Å². The van der Waals surface area contributed by atoms with E-state index in [2.05, 4.69) is 17.6 Å². The second-order valence-corrected chi connectivity index (χ2v) is 11.7. The van der Waals surface area contributed by atoms with Crippen molar-refractivity contribution in [2.75, 3.05) is 25.1 Å². The largest absolute Gasteiger partial charge is 0.493 e. The molecule has 2 amide bonds. The van der Waals surface area contributed by atoms with Crippen molar-refractivity contribution in [3.05, 3.63) is 87.9 Å². The van der Waals surface area contributed by atoms with Crippen LogP contribution in [0.2, 0.25) is 5.02 Å². The number of hydrogen-bond acceptors (Lipinski definition) is 5. The minimum atomic E-state index is -0.377. The van der Waals surface area contributed by atoms with Crippen molar-refractivity contribution >= 4 is 29.1 Å². The lowest BCUT2D eigenvalue weighted by molar-refractivity contribution is -0.120. The second kappa shape index (κ2) is 15.3.